The molecule has 0 saturated heterocycles. The summed E-state index contributed by atoms with van der Waals surface area (Å²) >= 11 is 1.76. The number of fused-ring (bicyclic) bond motifs is 1. The van der Waals surface area contributed by atoms with Gasteiger partial charge in [-0.25, -0.2) is 0 Å². The molecule has 1 atom stereocenters. The highest BCUT2D eigenvalue weighted by Crippen LogP contribution is 2.31. The molecule has 96 valence electrons. The fourth-order valence-electron chi connectivity index (χ4n) is 2.89. The zero-order valence-corrected chi connectivity index (χ0v) is 11.2. The molecular weight excluding hydrogens is 242 g/mol. The third kappa shape index (κ3) is 2.30. The van der Waals surface area contributed by atoms with Crippen LogP contribution in [0, 0.1) is 0 Å². The summed E-state index contributed by atoms with van der Waals surface area (Å²) in [6.07, 6.45) is 5.14. The molecule has 0 bridgehead atoms. The van der Waals surface area contributed by atoms with Crippen molar-refractivity contribution < 1.29 is 5.11 Å². The molecule has 1 aromatic carbocycles. The highest BCUT2D eigenvalue weighted by atomic mass is 32.1. The Labute approximate surface area is 112 Å². The fraction of sp³-hybridized carbons (Fsp3) is 0.467. The lowest BCUT2D eigenvalue weighted by molar-refractivity contribution is 0.234. The molecule has 1 aliphatic carbocycles. The van der Waals surface area contributed by atoms with Crippen molar-refractivity contribution in [1.29, 1.82) is 0 Å². The summed E-state index contributed by atoms with van der Waals surface area (Å²) in [5.74, 6) is 0. The van der Waals surface area contributed by atoms with Crippen LogP contribution < -0.4 is 5.32 Å². The third-order valence-electron chi connectivity index (χ3n) is 3.86. The van der Waals surface area contributed by atoms with Crippen molar-refractivity contribution in [1.82, 2.24) is 5.32 Å². The van der Waals surface area contributed by atoms with Gasteiger partial charge in [-0.15, -0.1) is 11.3 Å². The van der Waals surface area contributed by atoms with E-state index in [0.29, 0.717) is 6.04 Å². The monoisotopic (exact) mass is 261 g/mol. The fourth-order valence-corrected chi connectivity index (χ4v) is 3.90. The minimum Gasteiger partial charge on any atom is -0.394 e. The molecule has 1 heterocycles. The van der Waals surface area contributed by atoms with E-state index in [4.69, 9.17) is 0 Å². The van der Waals surface area contributed by atoms with Gasteiger partial charge in [-0.3, -0.25) is 0 Å². The van der Waals surface area contributed by atoms with Crippen molar-refractivity contribution in [2.45, 2.75) is 37.8 Å². The number of thiophene rings is 1. The molecule has 3 heteroatoms. The normalized spacial score (nSPS) is 18.5. The maximum atomic E-state index is 9.66. The number of rotatable bonds is 4. The van der Waals surface area contributed by atoms with E-state index in [1.54, 1.807) is 11.3 Å². The molecule has 18 heavy (non-hydrogen) atoms. The predicted molar refractivity (Wildman–Crippen MR) is 77.0 cm³/mol. The molecule has 1 fully saturated rings. The summed E-state index contributed by atoms with van der Waals surface area (Å²) in [5.41, 5.74) is 1.25. The first-order valence-corrected chi connectivity index (χ1v) is 7.59. The van der Waals surface area contributed by atoms with Crippen LogP contribution >= 0.6 is 11.3 Å². The van der Waals surface area contributed by atoms with Gasteiger partial charge in [-0.2, -0.15) is 0 Å². The van der Waals surface area contributed by atoms with E-state index in [0.717, 1.165) is 0 Å². The molecule has 0 aliphatic heterocycles. The Balaban J connectivity index is 1.86. The van der Waals surface area contributed by atoms with Gasteiger partial charge in [-0.1, -0.05) is 31.0 Å². The van der Waals surface area contributed by atoms with Gasteiger partial charge >= 0.3 is 0 Å². The van der Waals surface area contributed by atoms with Crippen molar-refractivity contribution in [3.63, 3.8) is 0 Å². The first kappa shape index (κ1) is 12.2. The van der Waals surface area contributed by atoms with Crippen molar-refractivity contribution in [3.8, 4) is 0 Å². The van der Waals surface area contributed by atoms with Crippen LogP contribution in [0.3, 0.4) is 0 Å². The minimum atomic E-state index is 0.0873. The second kappa shape index (κ2) is 5.39. The van der Waals surface area contributed by atoms with Crippen molar-refractivity contribution in [2.24, 2.45) is 0 Å². The van der Waals surface area contributed by atoms with E-state index in [1.165, 1.54) is 41.3 Å². The predicted octanol–water partition coefficient (Wildman–Crippen LogP) is 3.47. The number of hydrogen-bond donors (Lipinski definition) is 2. The van der Waals surface area contributed by atoms with Gasteiger partial charge in [0.25, 0.3) is 0 Å². The Kier molecular flexibility index (Phi) is 3.64. The van der Waals surface area contributed by atoms with Crippen LogP contribution in [0.15, 0.2) is 29.6 Å². The van der Waals surface area contributed by atoms with Gasteiger partial charge in [0.1, 0.15) is 0 Å². The van der Waals surface area contributed by atoms with Crippen molar-refractivity contribution in [3.05, 3.63) is 35.2 Å². The van der Waals surface area contributed by atoms with E-state index < -0.39 is 0 Å². The zero-order valence-electron chi connectivity index (χ0n) is 10.4. The topological polar surface area (TPSA) is 32.3 Å². The van der Waals surface area contributed by atoms with Crippen molar-refractivity contribution in [2.75, 3.05) is 6.61 Å². The number of nitrogens with one attached hydrogen (secondary N) is 1. The highest BCUT2D eigenvalue weighted by molar-refractivity contribution is 7.17. The molecule has 1 aliphatic rings. The molecule has 0 spiro atoms. The molecule has 3 rings (SSSR count). The maximum absolute atomic E-state index is 9.66. The second-order valence-electron chi connectivity index (χ2n) is 5.07. The third-order valence-corrected chi connectivity index (χ3v) is 4.84. The summed E-state index contributed by atoms with van der Waals surface area (Å²) in [7, 11) is 0. The Hall–Kier alpha value is -0.900. The standard InChI is InChI=1S/C15H19NOS/c17-9-14(16-11-5-1-2-6-11)13-10-18-15-8-4-3-7-12(13)15/h3-4,7-8,10-11,14,16-17H,1-2,5-6,9H2. The van der Waals surface area contributed by atoms with Gasteiger partial charge in [0.2, 0.25) is 0 Å². The summed E-state index contributed by atoms with van der Waals surface area (Å²) in [5, 5.41) is 16.7. The average Bonchev–Trinajstić information content (AvgIpc) is 3.05. The van der Waals surface area contributed by atoms with Crippen LogP contribution in [0.1, 0.15) is 37.3 Å². The lowest BCUT2D eigenvalue weighted by Gasteiger charge is -2.21. The van der Waals surface area contributed by atoms with Crippen LogP contribution in [0.2, 0.25) is 0 Å². The van der Waals surface area contributed by atoms with Gasteiger partial charge in [0.15, 0.2) is 0 Å². The van der Waals surface area contributed by atoms with Crippen molar-refractivity contribution >= 4 is 21.4 Å². The number of hydrogen-bond acceptors (Lipinski definition) is 3. The average molecular weight is 261 g/mol. The van der Waals surface area contributed by atoms with Crippen LogP contribution in [0.25, 0.3) is 10.1 Å². The lowest BCUT2D eigenvalue weighted by Crippen LogP contribution is -2.32. The second-order valence-corrected chi connectivity index (χ2v) is 5.98. The Morgan fingerprint density at radius 2 is 2.06 bits per heavy atom. The smallest absolute Gasteiger partial charge is 0.0627 e. The molecule has 2 nitrogen and oxygen atoms in total. The molecule has 2 N–H and O–H groups in total. The number of benzene rings is 1. The molecule has 1 unspecified atom stereocenters. The molecular formula is C15H19NOS. The van der Waals surface area contributed by atoms with Gasteiger partial charge in [0.05, 0.1) is 12.6 Å². The van der Waals surface area contributed by atoms with Crippen LogP contribution in [0.5, 0.6) is 0 Å². The van der Waals surface area contributed by atoms with Gasteiger partial charge in [0, 0.05) is 10.7 Å². The molecule has 0 radical (unpaired) electrons. The first-order chi connectivity index (χ1) is 8.88. The molecule has 2 aromatic rings. The Bertz CT molecular complexity index is 516. The first-order valence-electron chi connectivity index (χ1n) is 6.71. The maximum Gasteiger partial charge on any atom is 0.0627 e. The van der Waals surface area contributed by atoms with Gasteiger partial charge in [-0.05, 0) is 35.2 Å². The van der Waals surface area contributed by atoms with Gasteiger partial charge < -0.3 is 10.4 Å². The minimum absolute atomic E-state index is 0.0873. The number of aliphatic hydroxyl groups excluding tert-OH is 1. The van der Waals surface area contributed by atoms with Crippen LogP contribution in [-0.2, 0) is 0 Å². The SMILES string of the molecule is OCC(NC1CCCC1)c1csc2ccccc12. The zero-order chi connectivity index (χ0) is 12.4. The summed E-state index contributed by atoms with van der Waals surface area (Å²) < 4.78 is 1.30. The summed E-state index contributed by atoms with van der Waals surface area (Å²) in [6.45, 7) is 0.178. The Morgan fingerprint density at radius 1 is 1.28 bits per heavy atom. The van der Waals surface area contributed by atoms with E-state index in [9.17, 15) is 5.11 Å². The molecule has 1 aromatic heterocycles. The highest BCUT2D eigenvalue weighted by Gasteiger charge is 2.21. The molecule has 1 saturated carbocycles. The lowest BCUT2D eigenvalue weighted by atomic mass is 10.0. The van der Waals surface area contributed by atoms with E-state index >= 15 is 0 Å². The van der Waals surface area contributed by atoms with E-state index in [-0.39, 0.29) is 12.6 Å². The quantitative estimate of drug-likeness (QED) is 0.883. The van der Waals surface area contributed by atoms with Crippen LogP contribution in [-0.4, -0.2) is 17.8 Å². The Morgan fingerprint density at radius 3 is 2.83 bits per heavy atom. The summed E-state index contributed by atoms with van der Waals surface area (Å²) in [6, 6.07) is 9.11. The summed E-state index contributed by atoms with van der Waals surface area (Å²) in [4.78, 5) is 0. The van der Waals surface area contributed by atoms with Crippen LogP contribution in [0.4, 0.5) is 0 Å². The molecule has 0 amide bonds. The van der Waals surface area contributed by atoms with E-state index in [1.807, 2.05) is 0 Å². The largest absolute Gasteiger partial charge is 0.394 e. The van der Waals surface area contributed by atoms with E-state index in [2.05, 4.69) is 35.0 Å². The number of aliphatic hydroxyl groups is 1.